The van der Waals surface area contributed by atoms with Gasteiger partial charge in [0.15, 0.2) is 0 Å². The molecule has 0 bridgehead atoms. The fourth-order valence-electron chi connectivity index (χ4n) is 4.66. The number of carboxylic acids is 3. The van der Waals surface area contributed by atoms with Crippen LogP contribution < -0.4 is 17.2 Å². The number of hydrogen-bond acceptors (Lipinski definition) is 12. The molecular formula is C49H41F7I2N4O12. The summed E-state index contributed by atoms with van der Waals surface area (Å²) >= 11 is 3.73. The minimum Gasteiger partial charge on any atom is -0.478 e. The van der Waals surface area contributed by atoms with Crippen LogP contribution in [-0.4, -0.2) is 59.8 Å². The molecule has 0 radical (unpaired) electrons. The van der Waals surface area contributed by atoms with Crippen molar-refractivity contribution in [2.75, 3.05) is 17.2 Å². The lowest BCUT2D eigenvalue weighted by Gasteiger charge is -1.97. The van der Waals surface area contributed by atoms with Gasteiger partial charge in [0, 0.05) is 18.8 Å². The predicted molar refractivity (Wildman–Crippen MR) is 274 cm³/mol. The second-order valence-corrected chi connectivity index (χ2v) is 16.1. The zero-order valence-corrected chi connectivity index (χ0v) is 41.9. The minimum atomic E-state index is -1.33. The van der Waals surface area contributed by atoms with Gasteiger partial charge in [0.1, 0.15) is 41.2 Å². The molecule has 7 aromatic carbocycles. The number of carbonyl (C=O) groups excluding carboxylic acids is 1. The van der Waals surface area contributed by atoms with Crippen molar-refractivity contribution in [1.82, 2.24) is 0 Å². The van der Waals surface area contributed by atoms with E-state index in [-0.39, 0.29) is 65.2 Å². The maximum absolute atomic E-state index is 12.6. The third-order valence-electron chi connectivity index (χ3n) is 8.46. The van der Waals surface area contributed by atoms with Gasteiger partial charge in [-0.2, -0.15) is 4.39 Å². The fraction of sp³-hybridized carbons (Fsp3) is 0.0612. The molecule has 0 unspecified atom stereocenters. The summed E-state index contributed by atoms with van der Waals surface area (Å²) in [6, 6.07) is 27.4. The number of aliphatic hydroxyl groups excluding tert-OH is 3. The van der Waals surface area contributed by atoms with Gasteiger partial charge in [0.05, 0.1) is 58.5 Å². The summed E-state index contributed by atoms with van der Waals surface area (Å²) in [5.74, 6) is -6.98. The highest BCUT2D eigenvalue weighted by atomic mass is 127. The number of halogens is 9. The smallest absolute Gasteiger partial charge is 0.335 e. The first-order valence-electron chi connectivity index (χ1n) is 20.0. The Morgan fingerprint density at radius 2 is 0.811 bits per heavy atom. The molecule has 0 aliphatic carbocycles. The molecule has 12 N–H and O–H groups in total. The Kier molecular flexibility index (Phi) is 28.7. The van der Waals surface area contributed by atoms with Gasteiger partial charge < -0.3 is 47.8 Å². The number of aromatic carboxylic acids is 3. The average Bonchev–Trinajstić information content (AvgIpc) is 3.37. The quantitative estimate of drug-likeness (QED) is 0.0171. The van der Waals surface area contributed by atoms with Crippen molar-refractivity contribution in [1.29, 1.82) is 0 Å². The lowest BCUT2D eigenvalue weighted by atomic mass is 10.2. The zero-order chi connectivity index (χ0) is 56.2. The van der Waals surface area contributed by atoms with Crippen LogP contribution in [-0.2, 0) is 19.8 Å². The molecule has 0 aromatic heterocycles. The summed E-state index contributed by atoms with van der Waals surface area (Å²) in [5, 5.41) is 61.2. The topological polar surface area (TPSA) is 311 Å². The molecule has 0 aliphatic rings. The van der Waals surface area contributed by atoms with Crippen LogP contribution in [0, 0.1) is 58.0 Å². The van der Waals surface area contributed by atoms with Crippen molar-refractivity contribution in [3.05, 3.63) is 230 Å². The number of benzene rings is 7. The van der Waals surface area contributed by atoms with E-state index in [4.69, 9.17) is 47.8 Å². The van der Waals surface area contributed by atoms with E-state index in [1.54, 1.807) is 12.1 Å². The Bertz CT molecular complexity index is 2890. The maximum atomic E-state index is 12.6. The van der Waals surface area contributed by atoms with E-state index in [2.05, 4.69) is 0 Å². The van der Waals surface area contributed by atoms with Crippen molar-refractivity contribution < 1.29 is 85.5 Å². The normalized spacial score (nSPS) is 9.62. The maximum Gasteiger partial charge on any atom is 0.335 e. The molecule has 0 spiro atoms. The van der Waals surface area contributed by atoms with E-state index in [1.807, 2.05) is 45.2 Å². The van der Waals surface area contributed by atoms with Gasteiger partial charge in [0.2, 0.25) is 5.82 Å². The number of nitrogen functional groups attached to an aromatic ring is 3. The number of carboxylic acid groups (broad SMARTS) is 3. The van der Waals surface area contributed by atoms with Crippen LogP contribution >= 0.6 is 45.2 Å². The van der Waals surface area contributed by atoms with Gasteiger partial charge in [-0.25, -0.2) is 40.7 Å². The summed E-state index contributed by atoms with van der Waals surface area (Å²) < 4.78 is 88.2. The van der Waals surface area contributed by atoms with E-state index in [0.717, 1.165) is 48.0 Å². The third kappa shape index (κ3) is 23.7. The van der Waals surface area contributed by atoms with Crippen LogP contribution in [0.4, 0.5) is 53.5 Å². The molecular weight excluding hydrogens is 1220 g/mol. The molecule has 392 valence electrons. The highest BCUT2D eigenvalue weighted by molar-refractivity contribution is 14.1. The van der Waals surface area contributed by atoms with Crippen LogP contribution in [0.5, 0.6) is 0 Å². The highest BCUT2D eigenvalue weighted by Gasteiger charge is 2.16. The number of carbonyl (C=O) groups is 4. The van der Waals surface area contributed by atoms with E-state index < -0.39 is 57.6 Å². The molecule has 25 heteroatoms. The van der Waals surface area contributed by atoms with E-state index in [1.165, 1.54) is 72.8 Å². The lowest BCUT2D eigenvalue weighted by molar-refractivity contribution is -0.387. The average molecular weight is 1260 g/mol. The van der Waals surface area contributed by atoms with Gasteiger partial charge in [0.25, 0.3) is 0 Å². The van der Waals surface area contributed by atoms with Crippen molar-refractivity contribution in [2.45, 2.75) is 19.8 Å². The van der Waals surface area contributed by atoms with E-state index in [9.17, 15) is 60.0 Å². The van der Waals surface area contributed by atoms with Crippen LogP contribution in [0.1, 0.15) is 58.1 Å². The van der Waals surface area contributed by atoms with Gasteiger partial charge in [-0.15, -0.1) is 0 Å². The number of nitrogens with zero attached hydrogens (tertiary/aromatic N) is 1. The molecule has 0 atom stereocenters. The Hall–Kier alpha value is -7.73. The molecule has 7 aromatic rings. The third-order valence-corrected chi connectivity index (χ3v) is 10.1. The fourth-order valence-corrected chi connectivity index (χ4v) is 5.78. The zero-order valence-electron chi connectivity index (χ0n) is 37.6. The van der Waals surface area contributed by atoms with Crippen molar-refractivity contribution in [3.8, 4) is 0 Å². The monoisotopic (exact) mass is 1260 g/mol. The number of aliphatic hydroxyl groups is 3. The molecule has 16 nitrogen and oxygen atoms in total. The second kappa shape index (κ2) is 33.1. The Morgan fingerprint density at radius 1 is 0.473 bits per heavy atom. The van der Waals surface area contributed by atoms with Crippen molar-refractivity contribution in [3.63, 3.8) is 0 Å². The number of nitrogens with two attached hydrogens (primary N) is 3. The second-order valence-electron chi connectivity index (χ2n) is 13.8. The number of aldehydes is 1. The summed E-state index contributed by atoms with van der Waals surface area (Å²) in [6.07, 6.45) is 0.696. The summed E-state index contributed by atoms with van der Waals surface area (Å²) in [4.78, 5) is 50.2. The van der Waals surface area contributed by atoms with Crippen LogP contribution in [0.3, 0.4) is 0 Å². The number of nitro groups is 1. The van der Waals surface area contributed by atoms with E-state index in [0.29, 0.717) is 36.2 Å². The molecule has 0 saturated carbocycles. The first-order chi connectivity index (χ1) is 34.8. The van der Waals surface area contributed by atoms with Crippen molar-refractivity contribution in [2.24, 2.45) is 0 Å². The Balaban J connectivity index is 0.000000433. The number of rotatable bonds is 8. The molecule has 0 heterocycles. The number of hydrogen-bond donors (Lipinski definition) is 9. The van der Waals surface area contributed by atoms with Gasteiger partial charge in [-0.3, -0.25) is 14.9 Å². The molecule has 0 aliphatic heterocycles. The van der Waals surface area contributed by atoms with Crippen LogP contribution in [0.15, 0.2) is 133 Å². The van der Waals surface area contributed by atoms with Gasteiger partial charge in [-0.05, 0) is 171 Å². The molecule has 0 amide bonds. The van der Waals surface area contributed by atoms with E-state index >= 15 is 0 Å². The first kappa shape index (κ1) is 64.3. The van der Waals surface area contributed by atoms with Crippen LogP contribution in [0.2, 0.25) is 0 Å². The predicted octanol–water partition coefficient (Wildman–Crippen LogP) is 10.0. The first-order valence-corrected chi connectivity index (χ1v) is 22.1. The Morgan fingerprint density at radius 3 is 1.16 bits per heavy atom. The van der Waals surface area contributed by atoms with Gasteiger partial charge in [-0.1, -0.05) is 18.2 Å². The summed E-state index contributed by atoms with van der Waals surface area (Å²) in [6.45, 7) is -0.245. The summed E-state index contributed by atoms with van der Waals surface area (Å²) in [7, 11) is 0. The largest absolute Gasteiger partial charge is 0.478 e. The number of anilines is 3. The molecule has 0 saturated heterocycles. The minimum absolute atomic E-state index is 0.0103. The van der Waals surface area contributed by atoms with Gasteiger partial charge >= 0.3 is 23.6 Å². The molecule has 7 rings (SSSR count). The van der Waals surface area contributed by atoms with Crippen molar-refractivity contribution >= 4 is 92.1 Å². The highest BCUT2D eigenvalue weighted by Crippen LogP contribution is 2.19. The molecule has 74 heavy (non-hydrogen) atoms. The molecule has 0 fully saturated rings. The number of nitro benzene ring substituents is 1. The summed E-state index contributed by atoms with van der Waals surface area (Å²) in [5.41, 5.74) is 17.0. The standard InChI is InChI=1S/C7H6FIO.C7H4FIO.C7H4FNO4.C7H6FNO2.2C7H8FNO.C7H5FO2/c2*8-6-2-1-5(4-10)3-7(6)9;8-5-2-1-4(7(10)11)3-6(5)9(12)13;8-5-2-1-4(7(10)11)3-6(5)9;2*8-6-2-1-5(4-10)3-7(6)9;8-6-3-1-5(2-4-6)7(9)10/h1-3,10H,4H2;1-4H;1-3H,(H,10,11);1-3H,9H2,(H,10,11);2*1-3,10H,4,9H2;1-4H,(H,9,10). The lowest BCUT2D eigenvalue weighted by Crippen LogP contribution is -1.99. The SMILES string of the molecule is Nc1cc(C(=O)O)ccc1F.Nc1cc(CO)ccc1F.Nc1cc(CO)ccc1F.O=C(O)c1ccc(F)c([N+](=O)[O-])c1.O=C(O)c1ccc(F)cc1.O=Cc1ccc(F)c(I)c1.OCc1ccc(F)c(I)c1. The Labute approximate surface area is 442 Å². The van der Waals surface area contributed by atoms with Crippen LogP contribution in [0.25, 0.3) is 0 Å².